The van der Waals surface area contributed by atoms with Crippen LogP contribution in [0.2, 0.25) is 0 Å². The Morgan fingerprint density at radius 1 is 1.30 bits per heavy atom. The minimum atomic E-state index is -0.664. The molecule has 0 radical (unpaired) electrons. The van der Waals surface area contributed by atoms with Crippen molar-refractivity contribution >= 4 is 23.3 Å². The van der Waals surface area contributed by atoms with E-state index in [4.69, 9.17) is 10.3 Å². The molecule has 1 aliphatic carbocycles. The van der Waals surface area contributed by atoms with Crippen molar-refractivity contribution in [3.63, 3.8) is 0 Å². The van der Waals surface area contributed by atoms with E-state index in [0.29, 0.717) is 23.0 Å². The summed E-state index contributed by atoms with van der Waals surface area (Å²) in [5.41, 5.74) is 8.91. The number of pyridine rings is 1. The molecule has 2 heterocycles. The third-order valence-electron chi connectivity index (χ3n) is 6.29. The number of carbonyl (C=O) groups excluding carboxylic acids is 2. The zero-order valence-electron chi connectivity index (χ0n) is 19.6. The fourth-order valence-corrected chi connectivity index (χ4v) is 4.22. The SMILES string of the molecule is CN=C(C(C)=CN)c1ccc(NC(=O)[C@@H](NC(=O)c2conc2C)C2CCC(C)CC2)[nH+]c1. The van der Waals surface area contributed by atoms with Crippen molar-refractivity contribution in [3.8, 4) is 0 Å². The van der Waals surface area contributed by atoms with Crippen LogP contribution in [0.15, 0.2) is 45.9 Å². The van der Waals surface area contributed by atoms with E-state index in [1.165, 1.54) is 12.5 Å². The molecule has 1 fully saturated rings. The van der Waals surface area contributed by atoms with Gasteiger partial charge >= 0.3 is 5.91 Å². The minimum Gasteiger partial charge on any atom is -0.404 e. The van der Waals surface area contributed by atoms with E-state index < -0.39 is 6.04 Å². The summed E-state index contributed by atoms with van der Waals surface area (Å²) >= 11 is 0. The van der Waals surface area contributed by atoms with E-state index in [9.17, 15) is 9.59 Å². The molecule has 176 valence electrons. The van der Waals surface area contributed by atoms with E-state index >= 15 is 0 Å². The van der Waals surface area contributed by atoms with Crippen molar-refractivity contribution in [1.29, 1.82) is 0 Å². The molecule has 0 saturated heterocycles. The predicted molar refractivity (Wildman–Crippen MR) is 126 cm³/mol. The molecule has 33 heavy (non-hydrogen) atoms. The van der Waals surface area contributed by atoms with Crippen molar-refractivity contribution in [2.75, 3.05) is 12.4 Å². The summed E-state index contributed by atoms with van der Waals surface area (Å²) in [6.45, 7) is 5.80. The number of hydrogen-bond donors (Lipinski definition) is 3. The lowest BCUT2D eigenvalue weighted by atomic mass is 9.79. The van der Waals surface area contributed by atoms with Crippen LogP contribution in [0.3, 0.4) is 0 Å². The number of H-pyrrole nitrogens is 1. The Morgan fingerprint density at radius 3 is 2.58 bits per heavy atom. The molecule has 0 spiro atoms. The van der Waals surface area contributed by atoms with Crippen LogP contribution >= 0.6 is 0 Å². The molecule has 1 atom stereocenters. The van der Waals surface area contributed by atoms with Gasteiger partial charge in [0.05, 0.1) is 17.6 Å². The van der Waals surface area contributed by atoms with Gasteiger partial charge in [-0.2, -0.15) is 0 Å². The van der Waals surface area contributed by atoms with Gasteiger partial charge in [0.15, 0.2) is 0 Å². The predicted octanol–water partition coefficient (Wildman–Crippen LogP) is 2.64. The molecule has 2 aromatic rings. The summed E-state index contributed by atoms with van der Waals surface area (Å²) in [6.07, 6.45) is 8.40. The van der Waals surface area contributed by atoms with Crippen molar-refractivity contribution in [2.24, 2.45) is 22.6 Å². The lowest BCUT2D eigenvalue weighted by molar-refractivity contribution is -0.360. The fourth-order valence-electron chi connectivity index (χ4n) is 4.22. The topological polar surface area (TPSA) is 137 Å². The van der Waals surface area contributed by atoms with Gasteiger partial charge < -0.3 is 15.6 Å². The van der Waals surface area contributed by atoms with Crippen LogP contribution in [0.4, 0.5) is 5.82 Å². The van der Waals surface area contributed by atoms with Crippen LogP contribution < -0.4 is 21.4 Å². The second kappa shape index (κ2) is 10.9. The number of allylic oxidation sites excluding steroid dienone is 1. The number of amides is 2. The van der Waals surface area contributed by atoms with Crippen molar-refractivity contribution < 1.29 is 19.1 Å². The lowest BCUT2D eigenvalue weighted by Crippen LogP contribution is -2.49. The average Bonchev–Trinajstić information content (AvgIpc) is 3.25. The van der Waals surface area contributed by atoms with Gasteiger partial charge in [-0.05, 0) is 56.4 Å². The Bertz CT molecular complexity index is 1030. The van der Waals surface area contributed by atoms with Gasteiger partial charge in [0.1, 0.15) is 17.9 Å². The molecule has 0 aliphatic heterocycles. The standard InChI is InChI=1S/C24H32N6O3/c1-14-5-7-17(8-6-14)22(29-23(31)19-13-33-30-16(19)3)24(32)28-20-10-9-18(12-27-20)21(26-4)15(2)11-25/h9-14,17,22H,5-8,25H2,1-4H3,(H,29,31)(H,27,28,32)/p+1/t14?,17?,22-/m0/s1. The van der Waals surface area contributed by atoms with Gasteiger partial charge in [-0.15, -0.1) is 0 Å². The largest absolute Gasteiger partial charge is 0.404 e. The van der Waals surface area contributed by atoms with Gasteiger partial charge in [0.2, 0.25) is 0 Å². The maximum absolute atomic E-state index is 13.3. The molecule has 2 aromatic heterocycles. The molecular formula is C24H33N6O3+. The third kappa shape index (κ3) is 5.85. The summed E-state index contributed by atoms with van der Waals surface area (Å²) in [4.78, 5) is 33.5. The average molecular weight is 454 g/mol. The molecular weight excluding hydrogens is 420 g/mol. The molecule has 3 rings (SSSR count). The van der Waals surface area contributed by atoms with E-state index in [0.717, 1.165) is 42.5 Å². The second-order valence-electron chi connectivity index (χ2n) is 8.69. The van der Waals surface area contributed by atoms with Crippen LogP contribution in [0, 0.1) is 18.8 Å². The summed E-state index contributed by atoms with van der Waals surface area (Å²) in [5.74, 6) is 0.587. The normalized spacial score (nSPS) is 20.2. The Balaban J connectivity index is 1.77. The first kappa shape index (κ1) is 24.2. The number of aliphatic imine (C=N–C) groups is 1. The zero-order valence-corrected chi connectivity index (χ0v) is 19.6. The van der Waals surface area contributed by atoms with Crippen LogP contribution in [0.25, 0.3) is 0 Å². The fraction of sp³-hybridized carbons (Fsp3) is 0.458. The highest BCUT2D eigenvalue weighted by atomic mass is 16.5. The highest BCUT2D eigenvalue weighted by molar-refractivity contribution is 6.12. The second-order valence-corrected chi connectivity index (χ2v) is 8.69. The van der Waals surface area contributed by atoms with E-state index in [2.05, 4.69) is 32.7 Å². The summed E-state index contributed by atoms with van der Waals surface area (Å²) in [5, 5.41) is 9.60. The summed E-state index contributed by atoms with van der Waals surface area (Å²) in [7, 11) is 1.70. The lowest BCUT2D eigenvalue weighted by Gasteiger charge is -2.31. The first-order valence-corrected chi connectivity index (χ1v) is 11.2. The number of aromatic nitrogens is 2. The van der Waals surface area contributed by atoms with E-state index in [1.54, 1.807) is 26.2 Å². The van der Waals surface area contributed by atoms with Gasteiger partial charge in [-0.25, -0.2) is 15.1 Å². The molecule has 0 unspecified atom stereocenters. The van der Waals surface area contributed by atoms with Crippen molar-refractivity contribution in [1.82, 2.24) is 10.5 Å². The van der Waals surface area contributed by atoms with Crippen LogP contribution in [-0.2, 0) is 4.79 Å². The Morgan fingerprint density at radius 2 is 2.03 bits per heavy atom. The number of carbonyl (C=O) groups is 2. The number of anilines is 1. The third-order valence-corrected chi connectivity index (χ3v) is 6.29. The van der Waals surface area contributed by atoms with E-state index in [-0.39, 0.29) is 17.7 Å². The van der Waals surface area contributed by atoms with Gasteiger partial charge in [0, 0.05) is 18.7 Å². The molecule has 9 heteroatoms. The Hall–Kier alpha value is -3.49. The summed E-state index contributed by atoms with van der Waals surface area (Å²) < 4.78 is 4.89. The van der Waals surface area contributed by atoms with Gasteiger partial charge in [-0.3, -0.25) is 9.79 Å². The smallest absolute Gasteiger partial charge is 0.330 e. The van der Waals surface area contributed by atoms with Crippen molar-refractivity contribution in [2.45, 2.75) is 52.5 Å². The number of nitrogens with two attached hydrogens (primary N) is 1. The van der Waals surface area contributed by atoms with Crippen molar-refractivity contribution in [3.05, 3.63) is 53.2 Å². The maximum atomic E-state index is 13.3. The van der Waals surface area contributed by atoms with Crippen LogP contribution in [0.5, 0.6) is 0 Å². The molecule has 9 nitrogen and oxygen atoms in total. The van der Waals surface area contributed by atoms with Gasteiger partial charge in [-0.1, -0.05) is 24.9 Å². The maximum Gasteiger partial charge on any atom is 0.330 e. The Labute approximate surface area is 193 Å². The Kier molecular flexibility index (Phi) is 7.97. The van der Waals surface area contributed by atoms with Gasteiger partial charge in [0.25, 0.3) is 11.7 Å². The number of rotatable bonds is 7. The molecule has 5 N–H and O–H groups in total. The van der Waals surface area contributed by atoms with Crippen LogP contribution in [-0.4, -0.2) is 35.8 Å². The quantitative estimate of drug-likeness (QED) is 0.554. The highest BCUT2D eigenvalue weighted by Crippen LogP contribution is 2.31. The number of nitrogens with one attached hydrogen (secondary N) is 3. The minimum absolute atomic E-state index is 0.0563. The first-order chi connectivity index (χ1) is 15.8. The first-order valence-electron chi connectivity index (χ1n) is 11.2. The van der Waals surface area contributed by atoms with Crippen LogP contribution in [0.1, 0.15) is 61.1 Å². The monoisotopic (exact) mass is 453 g/mol. The highest BCUT2D eigenvalue weighted by Gasteiger charge is 2.35. The molecule has 1 saturated carbocycles. The number of aryl methyl sites for hydroxylation is 1. The summed E-state index contributed by atoms with van der Waals surface area (Å²) in [6, 6.07) is 2.97. The number of aromatic amines is 1. The molecule has 2 amide bonds. The molecule has 1 aliphatic rings. The zero-order chi connectivity index (χ0) is 24.0. The number of hydrogen-bond acceptors (Lipinski definition) is 6. The molecule has 0 aromatic carbocycles. The number of nitrogens with zero attached hydrogens (tertiary/aromatic N) is 2. The van der Waals surface area contributed by atoms with E-state index in [1.807, 2.05) is 13.0 Å². The molecule has 0 bridgehead atoms.